The topological polar surface area (TPSA) is 21.7 Å². The predicted octanol–water partition coefficient (Wildman–Crippen LogP) is 4.74. The second-order valence-electron chi connectivity index (χ2n) is 7.76. The number of fused-ring (bicyclic) bond motifs is 1. The number of methoxy groups -OCH3 is 1. The monoisotopic (exact) mass is 359 g/mol. The quantitative estimate of drug-likeness (QED) is 0.559. The molecule has 3 rings (SSSR count). The van der Waals surface area contributed by atoms with Crippen LogP contribution in [-0.2, 0) is 9.47 Å². The number of hydrogen-bond donors (Lipinski definition) is 0. The molecule has 0 radical (unpaired) electrons. The van der Waals surface area contributed by atoms with E-state index in [1.807, 2.05) is 12.1 Å². The molecule has 0 spiro atoms. The highest BCUT2D eigenvalue weighted by Gasteiger charge is 2.58. The first-order valence-corrected chi connectivity index (χ1v) is 9.46. The minimum atomic E-state index is -0.374. The smallest absolute Gasteiger partial charge is 0.140 e. The van der Waals surface area contributed by atoms with E-state index >= 15 is 0 Å². The van der Waals surface area contributed by atoms with Gasteiger partial charge in [-0.05, 0) is 31.2 Å². The molecule has 2 heterocycles. The lowest BCUT2D eigenvalue weighted by Gasteiger charge is -2.51. The van der Waals surface area contributed by atoms with Crippen LogP contribution in [0.15, 0.2) is 43.0 Å². The number of hydrogen-bond acceptors (Lipinski definition) is 3. The molecule has 1 aromatic carbocycles. The van der Waals surface area contributed by atoms with Gasteiger partial charge in [-0.15, -0.1) is 6.58 Å². The highest BCUT2D eigenvalue weighted by molar-refractivity contribution is 7.80. The molecule has 0 aliphatic carbocycles. The van der Waals surface area contributed by atoms with E-state index in [9.17, 15) is 0 Å². The van der Waals surface area contributed by atoms with Gasteiger partial charge in [-0.25, -0.2) is 0 Å². The van der Waals surface area contributed by atoms with Gasteiger partial charge < -0.3 is 14.4 Å². The lowest BCUT2D eigenvalue weighted by molar-refractivity contribution is -0.0938. The minimum Gasteiger partial charge on any atom is -0.382 e. The van der Waals surface area contributed by atoms with Crippen LogP contribution in [-0.4, -0.2) is 35.4 Å². The summed E-state index contributed by atoms with van der Waals surface area (Å²) < 4.78 is 12.2. The summed E-state index contributed by atoms with van der Waals surface area (Å²) >= 11 is 6.03. The summed E-state index contributed by atoms with van der Waals surface area (Å²) in [6.07, 6.45) is 3.94. The molecule has 0 bridgehead atoms. The molecule has 136 valence electrons. The molecule has 1 aromatic rings. The Hall–Kier alpha value is -1.23. The molecule has 0 aromatic heterocycles. The lowest BCUT2D eigenvalue weighted by atomic mass is 9.70. The maximum Gasteiger partial charge on any atom is 0.140 e. The number of thiocarbonyl (C=S) groups is 1. The average Bonchev–Trinajstić information content (AvgIpc) is 2.92. The third-order valence-corrected chi connectivity index (χ3v) is 6.87. The molecule has 3 nitrogen and oxygen atoms in total. The van der Waals surface area contributed by atoms with Gasteiger partial charge in [0.2, 0.25) is 0 Å². The summed E-state index contributed by atoms with van der Waals surface area (Å²) in [5, 5.41) is 0. The zero-order valence-corrected chi connectivity index (χ0v) is 16.5. The molecule has 2 fully saturated rings. The van der Waals surface area contributed by atoms with E-state index in [1.54, 1.807) is 7.11 Å². The Bertz CT molecular complexity index is 649. The normalized spacial score (nSPS) is 36.2. The minimum absolute atomic E-state index is 0.0366. The van der Waals surface area contributed by atoms with Gasteiger partial charge in [0.15, 0.2) is 0 Å². The number of rotatable bonds is 5. The molecule has 5 atom stereocenters. The van der Waals surface area contributed by atoms with Crippen molar-refractivity contribution in [3.8, 4) is 0 Å². The van der Waals surface area contributed by atoms with Crippen molar-refractivity contribution < 1.29 is 9.47 Å². The van der Waals surface area contributed by atoms with Crippen LogP contribution in [0.4, 0.5) is 0 Å². The molecule has 0 saturated carbocycles. The molecule has 2 saturated heterocycles. The summed E-state index contributed by atoms with van der Waals surface area (Å²) in [6.45, 7) is 11.2. The van der Waals surface area contributed by atoms with Crippen molar-refractivity contribution in [2.75, 3.05) is 13.7 Å². The molecule has 4 heteroatoms. The van der Waals surface area contributed by atoms with E-state index in [2.05, 4.69) is 56.5 Å². The van der Waals surface area contributed by atoms with Crippen molar-refractivity contribution in [1.82, 2.24) is 4.90 Å². The Morgan fingerprint density at radius 3 is 2.64 bits per heavy atom. The van der Waals surface area contributed by atoms with Crippen LogP contribution >= 0.6 is 12.2 Å². The van der Waals surface area contributed by atoms with Crippen molar-refractivity contribution in [2.24, 2.45) is 11.3 Å². The first kappa shape index (κ1) is 18.6. The Morgan fingerprint density at radius 1 is 1.36 bits per heavy atom. The number of benzene rings is 1. The zero-order chi connectivity index (χ0) is 18.2. The first-order chi connectivity index (χ1) is 11.9. The standard InChI is InChI=1S/C21H29NO2S/c1-6-15(2)20(3)12-13-21(4)22(19(20)25)17(14-23-5)18(24-21)16-10-8-7-9-11-16/h6-11,15,17-18H,1,12-14H2,2-5H3/t15-,17+,18+,20+,21-/m1/s1. The van der Waals surface area contributed by atoms with Crippen LogP contribution in [0.1, 0.15) is 45.3 Å². The Labute approximate surface area is 157 Å². The largest absolute Gasteiger partial charge is 0.382 e. The fraction of sp³-hybridized carbons (Fsp3) is 0.571. The molecule has 2 aliphatic rings. The van der Waals surface area contributed by atoms with Crippen molar-refractivity contribution in [1.29, 1.82) is 0 Å². The van der Waals surface area contributed by atoms with Gasteiger partial charge >= 0.3 is 0 Å². The van der Waals surface area contributed by atoms with Crippen molar-refractivity contribution in [3.05, 3.63) is 48.6 Å². The summed E-state index contributed by atoms with van der Waals surface area (Å²) in [4.78, 5) is 3.31. The van der Waals surface area contributed by atoms with Gasteiger partial charge in [0.1, 0.15) is 11.8 Å². The van der Waals surface area contributed by atoms with Gasteiger partial charge in [-0.3, -0.25) is 0 Å². The van der Waals surface area contributed by atoms with Gasteiger partial charge in [0.25, 0.3) is 0 Å². The number of piperidine rings is 1. The van der Waals surface area contributed by atoms with E-state index in [0.29, 0.717) is 12.5 Å². The highest BCUT2D eigenvalue weighted by atomic mass is 32.1. The number of allylic oxidation sites excluding steroid dienone is 1. The van der Waals surface area contributed by atoms with E-state index in [4.69, 9.17) is 21.7 Å². The maximum atomic E-state index is 6.61. The van der Waals surface area contributed by atoms with Crippen molar-refractivity contribution in [2.45, 2.75) is 51.5 Å². The molecular weight excluding hydrogens is 330 g/mol. The molecule has 0 amide bonds. The molecule has 0 unspecified atom stereocenters. The van der Waals surface area contributed by atoms with E-state index in [1.165, 1.54) is 5.56 Å². The number of nitrogens with zero attached hydrogens (tertiary/aromatic N) is 1. The third-order valence-electron chi connectivity index (χ3n) is 6.21. The van der Waals surface area contributed by atoms with Gasteiger partial charge in [0.05, 0.1) is 17.6 Å². The lowest BCUT2D eigenvalue weighted by Crippen LogP contribution is -2.60. The highest BCUT2D eigenvalue weighted by Crippen LogP contribution is 2.53. The third kappa shape index (κ3) is 2.94. The molecular formula is C21H29NO2S. The predicted molar refractivity (Wildman–Crippen MR) is 105 cm³/mol. The summed E-state index contributed by atoms with van der Waals surface area (Å²) in [5.74, 6) is 0.323. The Kier molecular flexibility index (Phi) is 5.06. The summed E-state index contributed by atoms with van der Waals surface area (Å²) in [5.41, 5.74) is 0.736. The first-order valence-electron chi connectivity index (χ1n) is 9.05. The van der Waals surface area contributed by atoms with Crippen LogP contribution < -0.4 is 0 Å². The van der Waals surface area contributed by atoms with E-state index in [-0.39, 0.29) is 23.3 Å². The van der Waals surface area contributed by atoms with Gasteiger partial charge in [-0.1, -0.05) is 62.5 Å². The van der Waals surface area contributed by atoms with Crippen molar-refractivity contribution >= 4 is 17.2 Å². The van der Waals surface area contributed by atoms with Crippen LogP contribution in [0, 0.1) is 11.3 Å². The maximum absolute atomic E-state index is 6.61. The van der Waals surface area contributed by atoms with Crippen molar-refractivity contribution in [3.63, 3.8) is 0 Å². The zero-order valence-electron chi connectivity index (χ0n) is 15.7. The SMILES string of the molecule is C=C[C@@H](C)[C@]1(C)CC[C@@]2(C)O[C@@H](c3ccccc3)[C@H](COC)N2C1=S. The number of ether oxygens (including phenoxy) is 2. The van der Waals surface area contributed by atoms with Crippen LogP contribution in [0.3, 0.4) is 0 Å². The second kappa shape index (κ2) is 6.82. The second-order valence-corrected chi connectivity index (χ2v) is 8.15. The van der Waals surface area contributed by atoms with E-state index in [0.717, 1.165) is 17.8 Å². The Balaban J connectivity index is 2.01. The summed E-state index contributed by atoms with van der Waals surface area (Å²) in [7, 11) is 1.75. The van der Waals surface area contributed by atoms with Crippen LogP contribution in [0.25, 0.3) is 0 Å². The van der Waals surface area contributed by atoms with E-state index < -0.39 is 0 Å². The Morgan fingerprint density at radius 2 is 2.04 bits per heavy atom. The molecule has 0 N–H and O–H groups in total. The summed E-state index contributed by atoms with van der Waals surface area (Å²) in [6, 6.07) is 10.5. The van der Waals surface area contributed by atoms with Crippen LogP contribution in [0.2, 0.25) is 0 Å². The average molecular weight is 360 g/mol. The van der Waals surface area contributed by atoms with Gasteiger partial charge in [0, 0.05) is 12.5 Å². The fourth-order valence-corrected chi connectivity index (χ4v) is 4.88. The molecule has 25 heavy (non-hydrogen) atoms. The molecule has 2 aliphatic heterocycles. The van der Waals surface area contributed by atoms with Gasteiger partial charge in [-0.2, -0.15) is 0 Å². The fourth-order valence-electron chi connectivity index (χ4n) is 4.26. The van der Waals surface area contributed by atoms with Crippen LogP contribution in [0.5, 0.6) is 0 Å².